The van der Waals surface area contributed by atoms with E-state index in [-0.39, 0.29) is 5.91 Å². The Kier molecular flexibility index (Phi) is 5.13. The highest BCUT2D eigenvalue weighted by molar-refractivity contribution is 5.87. The molecule has 0 fully saturated rings. The number of rotatable bonds is 6. The number of nitrogens with one attached hydrogen (secondary N) is 1. The normalized spacial score (nSPS) is 12.6. The first-order valence-electron chi connectivity index (χ1n) is 6.43. The molecule has 0 spiro atoms. The van der Waals surface area contributed by atoms with Crippen molar-refractivity contribution in [1.82, 2.24) is 5.32 Å². The predicted molar refractivity (Wildman–Crippen MR) is 75.7 cm³/mol. The molecule has 2 N–H and O–H groups in total. The third kappa shape index (κ3) is 3.98. The maximum atomic E-state index is 12.2. The maximum absolute atomic E-state index is 12.2. The van der Waals surface area contributed by atoms with Crippen molar-refractivity contribution in [2.75, 3.05) is 7.11 Å². The highest BCUT2D eigenvalue weighted by atomic mass is 16.5. The van der Waals surface area contributed by atoms with Gasteiger partial charge >= 0.3 is 5.97 Å². The molecule has 5 nitrogen and oxygen atoms in total. The van der Waals surface area contributed by atoms with Gasteiger partial charge in [0.1, 0.15) is 11.8 Å². The zero-order chi connectivity index (χ0) is 15.3. The van der Waals surface area contributed by atoms with Crippen molar-refractivity contribution in [2.45, 2.75) is 33.2 Å². The molecule has 110 valence electrons. The Balaban J connectivity index is 2.83. The molecule has 0 bridgehead atoms. The van der Waals surface area contributed by atoms with E-state index in [0.29, 0.717) is 6.42 Å². The topological polar surface area (TPSA) is 75.6 Å². The largest absolute Gasteiger partial charge is 0.496 e. The van der Waals surface area contributed by atoms with Crippen LogP contribution in [0.4, 0.5) is 0 Å². The average molecular weight is 279 g/mol. The van der Waals surface area contributed by atoms with E-state index < -0.39 is 17.4 Å². The van der Waals surface area contributed by atoms with Gasteiger partial charge in [0.05, 0.1) is 7.11 Å². The number of benzene rings is 1. The van der Waals surface area contributed by atoms with Crippen molar-refractivity contribution in [1.29, 1.82) is 0 Å². The van der Waals surface area contributed by atoms with Crippen LogP contribution in [0.25, 0.3) is 0 Å². The summed E-state index contributed by atoms with van der Waals surface area (Å²) in [4.78, 5) is 23.0. The van der Waals surface area contributed by atoms with Crippen LogP contribution < -0.4 is 10.1 Å². The predicted octanol–water partition coefficient (Wildman–Crippen LogP) is 1.85. The number of carbonyl (C=O) groups is 2. The van der Waals surface area contributed by atoms with Gasteiger partial charge in [-0.25, -0.2) is 0 Å². The van der Waals surface area contributed by atoms with Gasteiger partial charge in [0, 0.05) is 5.41 Å². The lowest BCUT2D eigenvalue weighted by Gasteiger charge is -2.25. The van der Waals surface area contributed by atoms with Crippen LogP contribution in [-0.2, 0) is 16.0 Å². The maximum Gasteiger partial charge on any atom is 0.325 e. The van der Waals surface area contributed by atoms with E-state index in [0.717, 1.165) is 11.3 Å². The van der Waals surface area contributed by atoms with E-state index >= 15 is 0 Å². The Morgan fingerprint density at radius 3 is 2.50 bits per heavy atom. The number of para-hydroxylation sites is 1. The summed E-state index contributed by atoms with van der Waals surface area (Å²) in [7, 11) is 1.58. The Morgan fingerprint density at radius 1 is 1.35 bits per heavy atom. The molecule has 5 heteroatoms. The molecule has 0 saturated carbocycles. The number of carbonyl (C=O) groups excluding carboxylic acids is 1. The highest BCUT2D eigenvalue weighted by Crippen LogP contribution is 2.28. The number of hydrogen-bond acceptors (Lipinski definition) is 3. The minimum atomic E-state index is -1.05. The van der Waals surface area contributed by atoms with Gasteiger partial charge < -0.3 is 15.2 Å². The van der Waals surface area contributed by atoms with Gasteiger partial charge in [-0.3, -0.25) is 9.59 Å². The van der Waals surface area contributed by atoms with E-state index in [9.17, 15) is 9.59 Å². The van der Waals surface area contributed by atoms with E-state index in [2.05, 4.69) is 5.32 Å². The van der Waals surface area contributed by atoms with Crippen molar-refractivity contribution < 1.29 is 19.4 Å². The standard InChI is InChI=1S/C15H21NO4/c1-10(13(17)18)16-14(19)15(2,3)9-11-7-5-6-8-12(11)20-4/h5-8,10H,9H2,1-4H3,(H,16,19)(H,17,18). The van der Waals surface area contributed by atoms with Gasteiger partial charge in [-0.15, -0.1) is 0 Å². The molecule has 1 amide bonds. The van der Waals surface area contributed by atoms with Crippen LogP contribution >= 0.6 is 0 Å². The number of aliphatic carboxylic acids is 1. The number of amides is 1. The molecule has 20 heavy (non-hydrogen) atoms. The molecular formula is C15H21NO4. The van der Waals surface area contributed by atoms with Crippen molar-refractivity contribution >= 4 is 11.9 Å². The fourth-order valence-electron chi connectivity index (χ4n) is 1.86. The van der Waals surface area contributed by atoms with Crippen molar-refractivity contribution in [3.05, 3.63) is 29.8 Å². The Bertz CT molecular complexity index is 496. The molecule has 1 aromatic carbocycles. The molecule has 1 atom stereocenters. The van der Waals surface area contributed by atoms with Crippen LogP contribution in [0.2, 0.25) is 0 Å². The summed E-state index contributed by atoms with van der Waals surface area (Å²) >= 11 is 0. The van der Waals surface area contributed by atoms with Crippen LogP contribution in [0.1, 0.15) is 26.3 Å². The molecule has 1 rings (SSSR count). The van der Waals surface area contributed by atoms with Crippen LogP contribution in [0.3, 0.4) is 0 Å². The number of carboxylic acid groups (broad SMARTS) is 1. The fraction of sp³-hybridized carbons (Fsp3) is 0.467. The third-order valence-corrected chi connectivity index (χ3v) is 3.16. The van der Waals surface area contributed by atoms with Gasteiger partial charge in [-0.05, 0) is 25.0 Å². The second kappa shape index (κ2) is 6.41. The summed E-state index contributed by atoms with van der Waals surface area (Å²) in [6.07, 6.45) is 0.467. The second-order valence-electron chi connectivity index (χ2n) is 5.41. The first-order valence-corrected chi connectivity index (χ1v) is 6.43. The molecule has 0 radical (unpaired) electrons. The summed E-state index contributed by atoms with van der Waals surface area (Å²) in [6.45, 7) is 5.01. The average Bonchev–Trinajstić information content (AvgIpc) is 2.38. The molecule has 0 aromatic heterocycles. The van der Waals surface area contributed by atoms with Gasteiger partial charge in [0.25, 0.3) is 0 Å². The first kappa shape index (κ1) is 16.0. The van der Waals surface area contributed by atoms with Gasteiger partial charge in [0.15, 0.2) is 0 Å². The number of methoxy groups -OCH3 is 1. The monoisotopic (exact) mass is 279 g/mol. The summed E-state index contributed by atoms with van der Waals surface area (Å²) in [5.41, 5.74) is 0.191. The Hall–Kier alpha value is -2.04. The molecule has 0 aliphatic rings. The second-order valence-corrected chi connectivity index (χ2v) is 5.41. The van der Waals surface area contributed by atoms with Gasteiger partial charge in [0.2, 0.25) is 5.91 Å². The summed E-state index contributed by atoms with van der Waals surface area (Å²) in [5, 5.41) is 11.3. The zero-order valence-electron chi connectivity index (χ0n) is 12.3. The molecule has 0 saturated heterocycles. The third-order valence-electron chi connectivity index (χ3n) is 3.16. The molecular weight excluding hydrogens is 258 g/mol. The SMILES string of the molecule is COc1ccccc1CC(C)(C)C(=O)NC(C)C(=O)O. The Morgan fingerprint density at radius 2 is 1.95 bits per heavy atom. The minimum absolute atomic E-state index is 0.293. The van der Waals surface area contributed by atoms with Crippen molar-refractivity contribution in [2.24, 2.45) is 5.41 Å². The zero-order valence-corrected chi connectivity index (χ0v) is 12.3. The molecule has 0 aliphatic heterocycles. The summed E-state index contributed by atoms with van der Waals surface area (Å²) < 4.78 is 5.26. The number of hydrogen-bond donors (Lipinski definition) is 2. The van der Waals surface area contributed by atoms with Crippen LogP contribution in [0.15, 0.2) is 24.3 Å². The van der Waals surface area contributed by atoms with Crippen LogP contribution in [0.5, 0.6) is 5.75 Å². The summed E-state index contributed by atoms with van der Waals surface area (Å²) in [6, 6.07) is 6.57. The summed E-state index contributed by atoms with van der Waals surface area (Å²) in [5.74, 6) is -0.621. The quantitative estimate of drug-likeness (QED) is 0.833. The fourth-order valence-corrected chi connectivity index (χ4v) is 1.86. The molecule has 0 aliphatic carbocycles. The highest BCUT2D eigenvalue weighted by Gasteiger charge is 2.31. The van der Waals surface area contributed by atoms with E-state index in [1.807, 2.05) is 24.3 Å². The Labute approximate surface area is 118 Å². The first-order chi connectivity index (χ1) is 9.27. The van der Waals surface area contributed by atoms with Crippen molar-refractivity contribution in [3.63, 3.8) is 0 Å². The minimum Gasteiger partial charge on any atom is -0.496 e. The smallest absolute Gasteiger partial charge is 0.325 e. The van der Waals surface area contributed by atoms with Crippen molar-refractivity contribution in [3.8, 4) is 5.75 Å². The molecule has 1 unspecified atom stereocenters. The van der Waals surface area contributed by atoms with E-state index in [1.54, 1.807) is 21.0 Å². The lowest BCUT2D eigenvalue weighted by molar-refractivity contribution is -0.142. The van der Waals surface area contributed by atoms with Crippen LogP contribution in [0, 0.1) is 5.41 Å². The molecule has 1 aromatic rings. The lowest BCUT2D eigenvalue weighted by Crippen LogP contribution is -2.45. The van der Waals surface area contributed by atoms with Gasteiger partial charge in [-0.1, -0.05) is 32.0 Å². The van der Waals surface area contributed by atoms with E-state index in [4.69, 9.17) is 9.84 Å². The number of ether oxygens (including phenoxy) is 1. The van der Waals surface area contributed by atoms with Crippen LogP contribution in [-0.4, -0.2) is 30.1 Å². The molecule has 0 heterocycles. The lowest BCUT2D eigenvalue weighted by atomic mass is 9.84. The number of carboxylic acids is 1. The van der Waals surface area contributed by atoms with E-state index in [1.165, 1.54) is 6.92 Å². The van der Waals surface area contributed by atoms with Gasteiger partial charge in [-0.2, -0.15) is 0 Å².